The van der Waals surface area contributed by atoms with Crippen molar-refractivity contribution in [1.29, 1.82) is 0 Å². The highest BCUT2D eigenvalue weighted by Crippen LogP contribution is 2.27. The van der Waals surface area contributed by atoms with Gasteiger partial charge in [0.2, 0.25) is 0 Å². The quantitative estimate of drug-likeness (QED) is 0.534. The lowest BCUT2D eigenvalue weighted by atomic mass is 10.2. The van der Waals surface area contributed by atoms with E-state index in [-0.39, 0.29) is 18.0 Å². The first kappa shape index (κ1) is 16.4. The number of nitrogens with one attached hydrogen (secondary N) is 1. The van der Waals surface area contributed by atoms with Crippen LogP contribution in [0, 0.1) is 0 Å². The molecule has 0 aliphatic heterocycles. The first-order chi connectivity index (χ1) is 9.95. The number of carbonyl (C=O) groups excluding carboxylic acids is 1. The number of carboxylic acids is 2. The Kier molecular flexibility index (Phi) is 6.15. The summed E-state index contributed by atoms with van der Waals surface area (Å²) in [5, 5.41) is 20.1. The maximum Gasteiger partial charge on any atom is 0.352 e. The second-order valence-electron chi connectivity index (χ2n) is 3.96. The van der Waals surface area contributed by atoms with Crippen LogP contribution in [0.2, 0.25) is 0 Å². The molecule has 0 bridgehead atoms. The van der Waals surface area contributed by atoms with Crippen LogP contribution in [-0.4, -0.2) is 54.2 Å². The van der Waals surface area contributed by atoms with E-state index >= 15 is 0 Å². The average molecular weight is 297 g/mol. The fraction of sp³-hybridized carbons (Fsp3) is 0.308. The van der Waals surface area contributed by atoms with Crippen molar-refractivity contribution in [3.8, 4) is 11.5 Å². The van der Waals surface area contributed by atoms with Crippen LogP contribution in [0.1, 0.15) is 0 Å². The van der Waals surface area contributed by atoms with Crippen LogP contribution in [0.15, 0.2) is 24.3 Å². The molecule has 0 spiro atoms. The molecule has 0 aliphatic rings. The molecule has 0 radical (unpaired) electrons. The fourth-order valence-electron chi connectivity index (χ4n) is 1.45. The van der Waals surface area contributed by atoms with Crippen molar-refractivity contribution in [2.75, 3.05) is 20.2 Å². The molecule has 0 heterocycles. The maximum absolute atomic E-state index is 11.7. The molecule has 21 heavy (non-hydrogen) atoms. The number of benzene rings is 1. The standard InChI is InChI=1S/C13H15NO7/c1-14-6-8(15)12(13(18)19)21-10-5-3-2-4-9(10)20-7-11(16)17/h2-5,12,14H,6-7H2,1H3,(H,16,17)(H,18,19). The van der Waals surface area contributed by atoms with Crippen LogP contribution in [0.3, 0.4) is 0 Å². The lowest BCUT2D eigenvalue weighted by Gasteiger charge is -2.16. The Bertz CT molecular complexity index is 529. The molecule has 1 aromatic rings. The molecule has 0 aliphatic carbocycles. The molecule has 1 rings (SSSR count). The summed E-state index contributed by atoms with van der Waals surface area (Å²) < 4.78 is 10.1. The van der Waals surface area contributed by atoms with Gasteiger partial charge < -0.3 is 25.0 Å². The number of ketones is 1. The number of carbonyl (C=O) groups is 3. The minimum Gasteiger partial charge on any atom is -0.479 e. The first-order valence-corrected chi connectivity index (χ1v) is 5.96. The van der Waals surface area contributed by atoms with Gasteiger partial charge in [0, 0.05) is 0 Å². The van der Waals surface area contributed by atoms with Gasteiger partial charge in [-0.25, -0.2) is 9.59 Å². The summed E-state index contributed by atoms with van der Waals surface area (Å²) >= 11 is 0. The van der Waals surface area contributed by atoms with Crippen molar-refractivity contribution in [3.05, 3.63) is 24.3 Å². The molecular weight excluding hydrogens is 282 g/mol. The number of likely N-dealkylation sites (N-methyl/N-ethyl adjacent to an activating group) is 1. The summed E-state index contributed by atoms with van der Waals surface area (Å²) in [6.45, 7) is -0.780. The Morgan fingerprint density at radius 3 is 2.33 bits per heavy atom. The highest BCUT2D eigenvalue weighted by Gasteiger charge is 2.28. The van der Waals surface area contributed by atoms with Crippen molar-refractivity contribution in [3.63, 3.8) is 0 Å². The van der Waals surface area contributed by atoms with Crippen LogP contribution >= 0.6 is 0 Å². The van der Waals surface area contributed by atoms with Gasteiger partial charge in [-0.05, 0) is 19.2 Å². The van der Waals surface area contributed by atoms with E-state index in [1.54, 1.807) is 12.1 Å². The van der Waals surface area contributed by atoms with Gasteiger partial charge in [-0.15, -0.1) is 0 Å². The van der Waals surface area contributed by atoms with E-state index in [1.165, 1.54) is 19.2 Å². The van der Waals surface area contributed by atoms with E-state index in [0.717, 1.165) is 0 Å². The molecule has 0 aromatic heterocycles. The summed E-state index contributed by atoms with van der Waals surface area (Å²) in [5.74, 6) is -3.27. The van der Waals surface area contributed by atoms with Gasteiger partial charge in [-0.3, -0.25) is 4.79 Å². The molecule has 1 atom stereocenters. The molecule has 1 unspecified atom stereocenters. The zero-order valence-corrected chi connectivity index (χ0v) is 11.2. The Morgan fingerprint density at radius 1 is 1.19 bits per heavy atom. The molecule has 8 nitrogen and oxygen atoms in total. The van der Waals surface area contributed by atoms with Crippen molar-refractivity contribution in [2.45, 2.75) is 6.10 Å². The number of hydrogen-bond acceptors (Lipinski definition) is 6. The van der Waals surface area contributed by atoms with Gasteiger partial charge in [0.05, 0.1) is 6.54 Å². The zero-order chi connectivity index (χ0) is 15.8. The summed E-state index contributed by atoms with van der Waals surface area (Å²) in [7, 11) is 1.50. The van der Waals surface area contributed by atoms with Crippen LogP contribution in [0.4, 0.5) is 0 Å². The third-order valence-electron chi connectivity index (χ3n) is 2.31. The number of carboxylic acid groups (broad SMARTS) is 2. The van der Waals surface area contributed by atoms with Crippen LogP contribution < -0.4 is 14.8 Å². The third kappa shape index (κ3) is 5.11. The summed E-state index contributed by atoms with van der Waals surface area (Å²) in [6, 6.07) is 5.92. The second-order valence-corrected chi connectivity index (χ2v) is 3.96. The average Bonchev–Trinajstić information content (AvgIpc) is 2.43. The van der Waals surface area contributed by atoms with Crippen molar-refractivity contribution >= 4 is 17.7 Å². The molecular formula is C13H15NO7. The molecule has 0 fully saturated rings. The molecule has 114 valence electrons. The van der Waals surface area contributed by atoms with Gasteiger partial charge in [0.15, 0.2) is 23.9 Å². The molecule has 3 N–H and O–H groups in total. The minimum absolute atomic E-state index is 0.0180. The first-order valence-electron chi connectivity index (χ1n) is 5.96. The minimum atomic E-state index is -1.70. The zero-order valence-electron chi connectivity index (χ0n) is 11.2. The van der Waals surface area contributed by atoms with E-state index in [9.17, 15) is 14.4 Å². The number of para-hydroxylation sites is 2. The predicted molar refractivity (Wildman–Crippen MR) is 70.6 cm³/mol. The monoisotopic (exact) mass is 297 g/mol. The largest absolute Gasteiger partial charge is 0.479 e. The number of Topliss-reactive ketones (excluding diaryl/α,β-unsaturated/α-hetero) is 1. The second kappa shape index (κ2) is 7.85. The molecule has 0 amide bonds. The molecule has 0 saturated carbocycles. The smallest absolute Gasteiger partial charge is 0.352 e. The maximum atomic E-state index is 11.7. The van der Waals surface area contributed by atoms with E-state index in [1.807, 2.05) is 0 Å². The summed E-state index contributed by atoms with van der Waals surface area (Å²) in [5.41, 5.74) is 0. The summed E-state index contributed by atoms with van der Waals surface area (Å²) in [4.78, 5) is 33.2. The third-order valence-corrected chi connectivity index (χ3v) is 2.31. The molecule has 1 aromatic carbocycles. The highest BCUT2D eigenvalue weighted by molar-refractivity contribution is 6.02. The number of rotatable bonds is 9. The van der Waals surface area contributed by atoms with E-state index in [4.69, 9.17) is 19.7 Å². The van der Waals surface area contributed by atoms with Gasteiger partial charge >= 0.3 is 11.9 Å². The Hall–Kier alpha value is -2.61. The van der Waals surface area contributed by atoms with Crippen LogP contribution in [0.5, 0.6) is 11.5 Å². The SMILES string of the molecule is CNCC(=O)C(Oc1ccccc1OCC(=O)O)C(=O)O. The fourth-order valence-corrected chi connectivity index (χ4v) is 1.45. The highest BCUT2D eigenvalue weighted by atomic mass is 16.5. The Balaban J connectivity index is 2.90. The van der Waals surface area contributed by atoms with E-state index < -0.39 is 30.4 Å². The topological polar surface area (TPSA) is 122 Å². The molecule has 8 heteroatoms. The summed E-state index contributed by atoms with van der Waals surface area (Å²) in [6.07, 6.45) is -1.70. The number of hydrogen-bond donors (Lipinski definition) is 3. The van der Waals surface area contributed by atoms with Crippen LogP contribution in [-0.2, 0) is 14.4 Å². The van der Waals surface area contributed by atoms with Gasteiger partial charge in [0.1, 0.15) is 0 Å². The lowest BCUT2D eigenvalue weighted by Crippen LogP contribution is -2.40. The number of aliphatic carboxylic acids is 2. The number of ether oxygens (including phenoxy) is 2. The Morgan fingerprint density at radius 2 is 1.81 bits per heavy atom. The van der Waals surface area contributed by atoms with Crippen molar-refractivity contribution in [1.82, 2.24) is 5.32 Å². The molecule has 0 saturated heterocycles. The van der Waals surface area contributed by atoms with Crippen LogP contribution in [0.25, 0.3) is 0 Å². The predicted octanol–water partition coefficient (Wildman–Crippen LogP) is -0.230. The van der Waals surface area contributed by atoms with Gasteiger partial charge in [0.25, 0.3) is 6.10 Å². The van der Waals surface area contributed by atoms with E-state index in [0.29, 0.717) is 0 Å². The van der Waals surface area contributed by atoms with Crippen molar-refractivity contribution in [2.24, 2.45) is 0 Å². The van der Waals surface area contributed by atoms with Gasteiger partial charge in [-0.1, -0.05) is 12.1 Å². The Labute approximate surface area is 120 Å². The normalized spacial score (nSPS) is 11.5. The lowest BCUT2D eigenvalue weighted by molar-refractivity contribution is -0.150. The van der Waals surface area contributed by atoms with E-state index in [2.05, 4.69) is 5.32 Å². The van der Waals surface area contributed by atoms with Gasteiger partial charge in [-0.2, -0.15) is 0 Å². The van der Waals surface area contributed by atoms with Crippen molar-refractivity contribution < 1.29 is 34.1 Å².